The molecule has 0 atom stereocenters. The summed E-state index contributed by atoms with van der Waals surface area (Å²) in [7, 11) is 0. The van der Waals surface area contributed by atoms with Gasteiger partial charge >= 0.3 is 0 Å². The Balaban J connectivity index is 2.07. The maximum absolute atomic E-state index is 11.1. The van der Waals surface area contributed by atoms with E-state index in [2.05, 4.69) is 25.9 Å². The van der Waals surface area contributed by atoms with Crippen LogP contribution in [0.15, 0.2) is 31.9 Å². The number of hydrogen-bond donors (Lipinski definition) is 2. The number of rotatable bonds is 3. The molecule has 0 saturated heterocycles. The lowest BCUT2D eigenvalue weighted by Gasteiger charge is -1.99. The van der Waals surface area contributed by atoms with E-state index in [1.807, 2.05) is 11.4 Å². The maximum atomic E-state index is 11.1. The van der Waals surface area contributed by atoms with Crippen LogP contribution in [0.1, 0.15) is 4.88 Å². The number of hydrogen-bond acceptors (Lipinski definition) is 5. The van der Waals surface area contributed by atoms with Gasteiger partial charge in [-0.15, -0.1) is 11.3 Å². The largest absolute Gasteiger partial charge is 0.383 e. The SMILES string of the molecule is Nc1cc(=O)[nH]c(SCc2cc(Br)cs2)n1. The summed E-state index contributed by atoms with van der Waals surface area (Å²) in [6.07, 6.45) is 0. The molecule has 2 heterocycles. The summed E-state index contributed by atoms with van der Waals surface area (Å²) in [4.78, 5) is 19.0. The molecule has 0 saturated carbocycles. The van der Waals surface area contributed by atoms with Gasteiger partial charge in [-0.1, -0.05) is 11.8 Å². The average Bonchev–Trinajstić information content (AvgIpc) is 2.60. The topological polar surface area (TPSA) is 71.8 Å². The van der Waals surface area contributed by atoms with Crippen LogP contribution < -0.4 is 11.3 Å². The number of thiophene rings is 1. The Bertz CT molecular complexity index is 552. The fourth-order valence-corrected chi connectivity index (χ4v) is 3.48. The van der Waals surface area contributed by atoms with E-state index in [-0.39, 0.29) is 11.4 Å². The Hall–Kier alpha value is -0.790. The van der Waals surface area contributed by atoms with Crippen molar-refractivity contribution in [2.75, 3.05) is 5.73 Å². The number of aromatic amines is 1. The summed E-state index contributed by atoms with van der Waals surface area (Å²) >= 11 is 6.51. The van der Waals surface area contributed by atoms with Gasteiger partial charge < -0.3 is 10.7 Å². The second-order valence-corrected chi connectivity index (χ2v) is 5.87. The summed E-state index contributed by atoms with van der Waals surface area (Å²) in [6.45, 7) is 0. The molecule has 0 aliphatic heterocycles. The lowest BCUT2D eigenvalue weighted by molar-refractivity contribution is 0.945. The summed E-state index contributed by atoms with van der Waals surface area (Å²) in [6, 6.07) is 3.31. The Morgan fingerprint density at radius 1 is 1.56 bits per heavy atom. The number of aromatic nitrogens is 2. The van der Waals surface area contributed by atoms with Crippen molar-refractivity contribution in [1.29, 1.82) is 0 Å². The molecule has 3 N–H and O–H groups in total. The highest BCUT2D eigenvalue weighted by Gasteiger charge is 2.02. The van der Waals surface area contributed by atoms with Crippen LogP contribution in [0.4, 0.5) is 5.82 Å². The third-order valence-corrected chi connectivity index (χ3v) is 4.52. The van der Waals surface area contributed by atoms with Crippen LogP contribution in [0, 0.1) is 0 Å². The van der Waals surface area contributed by atoms with Crippen LogP contribution in [0.5, 0.6) is 0 Å². The van der Waals surface area contributed by atoms with E-state index >= 15 is 0 Å². The van der Waals surface area contributed by atoms with Crippen LogP contribution in [-0.4, -0.2) is 9.97 Å². The summed E-state index contributed by atoms with van der Waals surface area (Å²) in [5.41, 5.74) is 5.26. The number of anilines is 1. The molecule has 16 heavy (non-hydrogen) atoms. The summed E-state index contributed by atoms with van der Waals surface area (Å²) < 4.78 is 1.07. The van der Waals surface area contributed by atoms with Crippen LogP contribution in [0.2, 0.25) is 0 Å². The molecule has 0 fully saturated rings. The second kappa shape index (κ2) is 5.03. The number of H-pyrrole nitrogens is 1. The van der Waals surface area contributed by atoms with Gasteiger partial charge in [0, 0.05) is 26.5 Å². The highest BCUT2D eigenvalue weighted by Crippen LogP contribution is 2.26. The van der Waals surface area contributed by atoms with Gasteiger partial charge in [0.1, 0.15) is 5.82 Å². The molecule has 0 amide bonds. The summed E-state index contributed by atoms with van der Waals surface area (Å²) in [5.74, 6) is 1.02. The zero-order chi connectivity index (χ0) is 11.5. The Kier molecular flexibility index (Phi) is 3.67. The predicted octanol–water partition coefficient (Wildman–Crippen LogP) is 2.47. The zero-order valence-electron chi connectivity index (χ0n) is 8.07. The van der Waals surface area contributed by atoms with Gasteiger partial charge in [0.05, 0.1) is 0 Å². The Morgan fingerprint density at radius 3 is 3.00 bits per heavy atom. The molecule has 2 rings (SSSR count). The molecule has 7 heteroatoms. The van der Waals surface area contributed by atoms with E-state index in [0.717, 1.165) is 10.2 Å². The molecule has 0 bridgehead atoms. The van der Waals surface area contributed by atoms with Gasteiger partial charge in [0.15, 0.2) is 5.16 Å². The van der Waals surface area contributed by atoms with Gasteiger partial charge in [-0.2, -0.15) is 0 Å². The smallest absolute Gasteiger partial charge is 0.253 e. The first-order chi connectivity index (χ1) is 7.63. The van der Waals surface area contributed by atoms with Crippen LogP contribution in [-0.2, 0) is 5.75 Å². The van der Waals surface area contributed by atoms with Crippen molar-refractivity contribution in [3.8, 4) is 0 Å². The highest BCUT2D eigenvalue weighted by atomic mass is 79.9. The molecule has 4 nitrogen and oxygen atoms in total. The highest BCUT2D eigenvalue weighted by molar-refractivity contribution is 9.10. The van der Waals surface area contributed by atoms with Crippen LogP contribution in [0.25, 0.3) is 0 Å². The lowest BCUT2D eigenvalue weighted by atomic mass is 10.5. The number of nitrogens with one attached hydrogen (secondary N) is 1. The normalized spacial score (nSPS) is 10.6. The molecule has 0 aliphatic rings. The average molecular weight is 318 g/mol. The van der Waals surface area contributed by atoms with Crippen molar-refractivity contribution in [2.45, 2.75) is 10.9 Å². The van der Waals surface area contributed by atoms with Crippen LogP contribution >= 0.6 is 39.0 Å². The van der Waals surface area contributed by atoms with Crippen molar-refractivity contribution in [2.24, 2.45) is 0 Å². The minimum absolute atomic E-state index is 0.220. The van der Waals surface area contributed by atoms with Gasteiger partial charge in [-0.25, -0.2) is 4.98 Å². The van der Waals surface area contributed by atoms with E-state index in [1.54, 1.807) is 11.3 Å². The van der Waals surface area contributed by atoms with Crippen molar-refractivity contribution in [3.05, 3.63) is 37.2 Å². The van der Waals surface area contributed by atoms with Crippen LogP contribution in [0.3, 0.4) is 0 Å². The maximum Gasteiger partial charge on any atom is 0.253 e. The van der Waals surface area contributed by atoms with E-state index in [4.69, 9.17) is 5.73 Å². The first-order valence-electron chi connectivity index (χ1n) is 4.36. The number of thioether (sulfide) groups is 1. The van der Waals surface area contributed by atoms with Gasteiger partial charge in [0.25, 0.3) is 5.56 Å². The van der Waals surface area contributed by atoms with Crippen molar-refractivity contribution >= 4 is 44.8 Å². The fourth-order valence-electron chi connectivity index (χ4n) is 1.09. The molecule has 2 aromatic heterocycles. The quantitative estimate of drug-likeness (QED) is 0.674. The molecular formula is C9H8BrN3OS2. The number of nitrogens with two attached hydrogens (primary N) is 1. The standard InChI is InChI=1S/C9H8BrN3OS2/c10-5-1-6(15-3-5)4-16-9-12-7(11)2-8(14)13-9/h1-3H,4H2,(H3,11,12,13,14). The second-order valence-electron chi connectivity index (χ2n) is 3.00. The third-order valence-electron chi connectivity index (χ3n) is 1.71. The monoisotopic (exact) mass is 317 g/mol. The molecule has 0 aromatic carbocycles. The minimum atomic E-state index is -0.220. The first kappa shape index (κ1) is 11.7. The molecule has 0 unspecified atom stereocenters. The van der Waals surface area contributed by atoms with Crippen molar-refractivity contribution in [3.63, 3.8) is 0 Å². The number of nitrogen functional groups attached to an aromatic ring is 1. The third kappa shape index (κ3) is 3.10. The Labute approximate surface area is 108 Å². The van der Waals surface area contributed by atoms with E-state index in [9.17, 15) is 4.79 Å². The van der Waals surface area contributed by atoms with Gasteiger partial charge in [-0.3, -0.25) is 4.79 Å². The lowest BCUT2D eigenvalue weighted by Crippen LogP contribution is -2.09. The molecule has 0 aliphatic carbocycles. The van der Waals surface area contributed by atoms with Gasteiger partial charge in [-0.05, 0) is 22.0 Å². The number of halogens is 1. The van der Waals surface area contributed by atoms with E-state index in [0.29, 0.717) is 5.16 Å². The van der Waals surface area contributed by atoms with E-state index in [1.165, 1.54) is 22.7 Å². The van der Waals surface area contributed by atoms with Crippen molar-refractivity contribution in [1.82, 2.24) is 9.97 Å². The minimum Gasteiger partial charge on any atom is -0.383 e. The molecule has 2 aromatic rings. The fraction of sp³-hybridized carbons (Fsp3) is 0.111. The molecule has 84 valence electrons. The Morgan fingerprint density at radius 2 is 2.38 bits per heavy atom. The number of nitrogens with zero attached hydrogens (tertiary/aromatic N) is 1. The van der Waals surface area contributed by atoms with E-state index < -0.39 is 0 Å². The predicted molar refractivity (Wildman–Crippen MR) is 70.9 cm³/mol. The van der Waals surface area contributed by atoms with Crippen molar-refractivity contribution < 1.29 is 0 Å². The summed E-state index contributed by atoms with van der Waals surface area (Å²) in [5, 5.41) is 2.57. The molecular weight excluding hydrogens is 310 g/mol. The molecule has 0 radical (unpaired) electrons. The first-order valence-corrected chi connectivity index (χ1v) is 7.02. The zero-order valence-corrected chi connectivity index (χ0v) is 11.3. The molecule has 0 spiro atoms. The van der Waals surface area contributed by atoms with Gasteiger partial charge in [0.2, 0.25) is 0 Å².